The topological polar surface area (TPSA) is 119 Å². The Bertz CT molecular complexity index is 1030. The highest BCUT2D eigenvalue weighted by Gasteiger charge is 2.16. The third kappa shape index (κ3) is 5.21. The Morgan fingerprint density at radius 3 is 2.54 bits per heavy atom. The smallest absolute Gasteiger partial charge is 0.263 e. The number of nitrogens with one attached hydrogen (secondary N) is 2. The number of carbonyl (C=O) groups excluding carboxylic acids is 1. The Morgan fingerprint density at radius 2 is 1.89 bits per heavy atom. The van der Waals surface area contributed by atoms with Gasteiger partial charge in [-0.3, -0.25) is 4.79 Å². The number of rotatable bonds is 8. The molecule has 0 saturated carbocycles. The Morgan fingerprint density at radius 1 is 1.18 bits per heavy atom. The van der Waals surface area contributed by atoms with E-state index in [1.165, 1.54) is 22.3 Å². The van der Waals surface area contributed by atoms with Crippen LogP contribution in [0.25, 0.3) is 5.69 Å². The van der Waals surface area contributed by atoms with Crippen LogP contribution < -0.4 is 10.0 Å². The predicted octanol–water partition coefficient (Wildman–Crippen LogP) is 1.48. The van der Waals surface area contributed by atoms with E-state index in [0.717, 1.165) is 5.56 Å². The van der Waals surface area contributed by atoms with Gasteiger partial charge in [0.25, 0.3) is 5.91 Å². The summed E-state index contributed by atoms with van der Waals surface area (Å²) >= 11 is 1.30. The lowest BCUT2D eigenvalue weighted by molar-refractivity contribution is 0.0955. The maximum atomic E-state index is 12.5. The van der Waals surface area contributed by atoms with Gasteiger partial charge in [0, 0.05) is 12.6 Å². The molecule has 0 spiro atoms. The summed E-state index contributed by atoms with van der Waals surface area (Å²) in [6.45, 7) is 3.88. The molecule has 0 aliphatic carbocycles. The van der Waals surface area contributed by atoms with Gasteiger partial charge >= 0.3 is 0 Å². The number of thiophene rings is 1. The number of hydrogen-bond donors (Lipinski definition) is 2. The average Bonchev–Trinajstić information content (AvgIpc) is 3.30. The third-order valence-electron chi connectivity index (χ3n) is 3.69. The van der Waals surface area contributed by atoms with Crippen molar-refractivity contribution in [3.8, 4) is 5.69 Å². The van der Waals surface area contributed by atoms with Gasteiger partial charge in [-0.2, -0.15) is 4.68 Å². The van der Waals surface area contributed by atoms with Crippen molar-refractivity contribution in [1.29, 1.82) is 0 Å². The Kier molecular flexibility index (Phi) is 6.17. The van der Waals surface area contributed by atoms with E-state index < -0.39 is 10.0 Å². The van der Waals surface area contributed by atoms with Crippen LogP contribution in [0.3, 0.4) is 0 Å². The normalized spacial score (nSPS) is 11.7. The van der Waals surface area contributed by atoms with E-state index in [9.17, 15) is 13.2 Å². The zero-order valence-electron chi connectivity index (χ0n) is 15.4. The number of sulfonamides is 1. The summed E-state index contributed by atoms with van der Waals surface area (Å²) in [5, 5.41) is 15.6. The summed E-state index contributed by atoms with van der Waals surface area (Å²) in [6.07, 6.45) is 1.43. The minimum absolute atomic E-state index is 0.0810. The molecule has 0 saturated heterocycles. The molecule has 2 N–H and O–H groups in total. The van der Waals surface area contributed by atoms with Crippen LogP contribution in [-0.2, 0) is 22.3 Å². The summed E-state index contributed by atoms with van der Waals surface area (Å²) in [6, 6.07) is 8.73. The summed E-state index contributed by atoms with van der Waals surface area (Å²) in [4.78, 5) is 13.0. The standard InChI is InChI=1S/C17H20N6O3S2/c1-12(2)20-28(25,26)10-14-5-3-13(4-6-14)9-18-17(24)16-15(7-8-27-16)23-11-19-21-22-23/h3-8,11-12,20H,9-10H2,1-2H3,(H,18,24). The second-order valence-corrected chi connectivity index (χ2v) is 9.09. The second-order valence-electron chi connectivity index (χ2n) is 6.42. The first-order valence-corrected chi connectivity index (χ1v) is 11.0. The van der Waals surface area contributed by atoms with Crippen LogP contribution in [0.5, 0.6) is 0 Å². The van der Waals surface area contributed by atoms with Crippen LogP contribution >= 0.6 is 11.3 Å². The number of benzene rings is 1. The predicted molar refractivity (Wildman–Crippen MR) is 106 cm³/mol. The lowest BCUT2D eigenvalue weighted by Crippen LogP contribution is -2.31. The molecule has 28 heavy (non-hydrogen) atoms. The van der Waals surface area contributed by atoms with Crippen molar-refractivity contribution in [3.05, 3.63) is 58.0 Å². The Labute approximate surface area is 166 Å². The molecule has 1 amide bonds. The maximum absolute atomic E-state index is 12.5. The van der Waals surface area contributed by atoms with Crippen molar-refractivity contribution < 1.29 is 13.2 Å². The van der Waals surface area contributed by atoms with E-state index >= 15 is 0 Å². The van der Waals surface area contributed by atoms with Crippen LogP contribution in [0.2, 0.25) is 0 Å². The molecule has 9 nitrogen and oxygen atoms in total. The van der Waals surface area contributed by atoms with E-state index in [-0.39, 0.29) is 17.7 Å². The van der Waals surface area contributed by atoms with Gasteiger partial charge in [-0.25, -0.2) is 13.1 Å². The number of carbonyl (C=O) groups is 1. The van der Waals surface area contributed by atoms with Crippen LogP contribution in [0.4, 0.5) is 0 Å². The number of hydrogen-bond acceptors (Lipinski definition) is 7. The molecule has 0 bridgehead atoms. The third-order valence-corrected chi connectivity index (χ3v) is 6.14. The SMILES string of the molecule is CC(C)NS(=O)(=O)Cc1ccc(CNC(=O)c2sccc2-n2cnnn2)cc1. The number of nitrogens with zero attached hydrogens (tertiary/aromatic N) is 4. The van der Waals surface area contributed by atoms with Gasteiger partial charge in [-0.15, -0.1) is 16.4 Å². The molecule has 148 valence electrons. The Hall–Kier alpha value is -2.63. The summed E-state index contributed by atoms with van der Waals surface area (Å²) in [7, 11) is -3.37. The van der Waals surface area contributed by atoms with Gasteiger partial charge in [0.15, 0.2) is 0 Å². The van der Waals surface area contributed by atoms with E-state index in [1.807, 2.05) is 0 Å². The molecule has 2 aromatic heterocycles. The first-order chi connectivity index (χ1) is 13.3. The van der Waals surface area contributed by atoms with Crippen LogP contribution in [0.15, 0.2) is 42.0 Å². The molecule has 3 rings (SSSR count). The lowest BCUT2D eigenvalue weighted by Gasteiger charge is -2.10. The fourth-order valence-corrected chi connectivity index (χ4v) is 4.79. The number of amides is 1. The minimum Gasteiger partial charge on any atom is -0.347 e. The summed E-state index contributed by atoms with van der Waals surface area (Å²) in [5.74, 6) is -0.309. The zero-order chi connectivity index (χ0) is 20.1. The molecule has 0 fully saturated rings. The van der Waals surface area contributed by atoms with Gasteiger partial charge < -0.3 is 5.32 Å². The highest BCUT2D eigenvalue weighted by Crippen LogP contribution is 2.20. The summed E-state index contributed by atoms with van der Waals surface area (Å²) in [5.41, 5.74) is 2.17. The number of aromatic nitrogens is 4. The van der Waals surface area contributed by atoms with Gasteiger partial charge in [0.1, 0.15) is 11.2 Å². The van der Waals surface area contributed by atoms with Crippen molar-refractivity contribution in [2.75, 3.05) is 0 Å². The van der Waals surface area contributed by atoms with Crippen molar-refractivity contribution in [1.82, 2.24) is 30.2 Å². The van der Waals surface area contributed by atoms with Crippen molar-refractivity contribution in [2.24, 2.45) is 0 Å². The maximum Gasteiger partial charge on any atom is 0.263 e. The first kappa shape index (κ1) is 20.1. The van der Waals surface area contributed by atoms with Crippen molar-refractivity contribution in [2.45, 2.75) is 32.2 Å². The highest BCUT2D eigenvalue weighted by atomic mass is 32.2. The van der Waals surface area contributed by atoms with E-state index in [0.29, 0.717) is 22.7 Å². The molecule has 2 heterocycles. The molecule has 0 atom stereocenters. The fourth-order valence-electron chi connectivity index (χ4n) is 2.56. The molecule has 11 heteroatoms. The molecular weight excluding hydrogens is 400 g/mol. The van der Waals surface area contributed by atoms with E-state index in [1.54, 1.807) is 49.6 Å². The minimum atomic E-state index is -3.37. The van der Waals surface area contributed by atoms with Crippen LogP contribution in [0, 0.1) is 0 Å². The Balaban J connectivity index is 1.60. The molecule has 0 unspecified atom stereocenters. The van der Waals surface area contributed by atoms with E-state index in [4.69, 9.17) is 0 Å². The molecule has 3 aromatic rings. The number of tetrazole rings is 1. The second kappa shape index (κ2) is 8.59. The van der Waals surface area contributed by atoms with Crippen molar-refractivity contribution >= 4 is 27.3 Å². The van der Waals surface area contributed by atoms with Gasteiger partial charge in [0.2, 0.25) is 10.0 Å². The zero-order valence-corrected chi connectivity index (χ0v) is 17.0. The molecule has 0 aliphatic rings. The van der Waals surface area contributed by atoms with Crippen molar-refractivity contribution in [3.63, 3.8) is 0 Å². The fraction of sp³-hybridized carbons (Fsp3) is 0.294. The molecule has 0 aliphatic heterocycles. The quantitative estimate of drug-likeness (QED) is 0.570. The lowest BCUT2D eigenvalue weighted by atomic mass is 10.1. The first-order valence-electron chi connectivity index (χ1n) is 8.51. The molecule has 0 radical (unpaired) electrons. The van der Waals surface area contributed by atoms with Crippen LogP contribution in [-0.4, -0.2) is 40.6 Å². The van der Waals surface area contributed by atoms with Gasteiger partial charge in [-0.05, 0) is 46.8 Å². The van der Waals surface area contributed by atoms with Crippen LogP contribution in [0.1, 0.15) is 34.6 Å². The summed E-state index contributed by atoms with van der Waals surface area (Å²) < 4.78 is 28.0. The molecular formula is C17H20N6O3S2. The molecule has 1 aromatic carbocycles. The largest absolute Gasteiger partial charge is 0.347 e. The highest BCUT2D eigenvalue weighted by molar-refractivity contribution is 7.88. The van der Waals surface area contributed by atoms with Gasteiger partial charge in [0.05, 0.1) is 11.4 Å². The van der Waals surface area contributed by atoms with E-state index in [2.05, 4.69) is 25.6 Å². The average molecular weight is 421 g/mol. The monoisotopic (exact) mass is 420 g/mol. The van der Waals surface area contributed by atoms with Gasteiger partial charge in [-0.1, -0.05) is 24.3 Å².